The van der Waals surface area contributed by atoms with Crippen molar-refractivity contribution in [3.63, 3.8) is 0 Å². The zero-order chi connectivity index (χ0) is 18.9. The van der Waals surface area contributed by atoms with Crippen LogP contribution < -0.4 is 10.9 Å². The Kier molecular flexibility index (Phi) is 4.47. The summed E-state index contributed by atoms with van der Waals surface area (Å²) in [5.41, 5.74) is 0.561. The molecule has 0 aliphatic carbocycles. The van der Waals surface area contributed by atoms with Gasteiger partial charge in [0, 0.05) is 29.8 Å². The van der Waals surface area contributed by atoms with Crippen LogP contribution in [0.3, 0.4) is 0 Å². The van der Waals surface area contributed by atoms with Crippen LogP contribution in [-0.2, 0) is 16.4 Å². The maximum absolute atomic E-state index is 11.8. The lowest BCUT2D eigenvalue weighted by Crippen LogP contribution is -2.11. The van der Waals surface area contributed by atoms with E-state index in [1.54, 1.807) is 12.1 Å². The molecule has 0 bridgehead atoms. The van der Waals surface area contributed by atoms with Crippen LogP contribution in [0.25, 0.3) is 10.9 Å². The van der Waals surface area contributed by atoms with Crippen LogP contribution in [0.4, 0.5) is 11.4 Å². The maximum atomic E-state index is 11.8. The number of nitro benzene ring substituents is 1. The highest BCUT2D eigenvalue weighted by molar-refractivity contribution is 7.90. The Morgan fingerprint density at radius 3 is 2.58 bits per heavy atom. The summed E-state index contributed by atoms with van der Waals surface area (Å²) in [6.07, 6.45) is 0.920. The van der Waals surface area contributed by atoms with Gasteiger partial charge in [0.05, 0.1) is 4.92 Å². The Balaban J connectivity index is 2.04. The lowest BCUT2D eigenvalue weighted by Gasteiger charge is -2.11. The van der Waals surface area contributed by atoms with Gasteiger partial charge in [-0.05, 0) is 23.8 Å². The van der Waals surface area contributed by atoms with Gasteiger partial charge in [-0.15, -0.1) is 0 Å². The summed E-state index contributed by atoms with van der Waals surface area (Å²) in [6, 6.07) is 12.6. The first-order valence-electron chi connectivity index (χ1n) is 7.59. The number of anilines is 1. The van der Waals surface area contributed by atoms with E-state index >= 15 is 0 Å². The number of rotatable bonds is 5. The number of H-pyrrole nitrogens is 1. The molecule has 0 atom stereocenters. The summed E-state index contributed by atoms with van der Waals surface area (Å²) >= 11 is 0. The second kappa shape index (κ2) is 6.60. The molecule has 3 rings (SSSR count). The van der Waals surface area contributed by atoms with Crippen molar-refractivity contribution in [2.24, 2.45) is 0 Å². The van der Waals surface area contributed by atoms with Crippen molar-refractivity contribution in [2.45, 2.75) is 11.4 Å². The minimum atomic E-state index is -3.76. The first kappa shape index (κ1) is 17.6. The second-order valence-corrected chi connectivity index (χ2v) is 7.72. The molecule has 26 heavy (non-hydrogen) atoms. The number of aromatic amines is 1. The minimum Gasteiger partial charge on any atom is -0.375 e. The number of fused-ring (bicyclic) bond motifs is 1. The molecule has 2 N–H and O–H groups in total. The van der Waals surface area contributed by atoms with Gasteiger partial charge >= 0.3 is 5.69 Å². The molecule has 0 aliphatic heterocycles. The number of aromatic nitrogens is 1. The molecule has 0 unspecified atom stereocenters. The molecule has 9 heteroatoms. The van der Waals surface area contributed by atoms with Crippen LogP contribution in [0, 0.1) is 10.1 Å². The summed E-state index contributed by atoms with van der Waals surface area (Å²) in [6.45, 7) is 0.124. The number of benzene rings is 2. The Bertz CT molecular complexity index is 1170. The van der Waals surface area contributed by atoms with E-state index in [9.17, 15) is 23.3 Å². The zero-order valence-electron chi connectivity index (χ0n) is 13.7. The molecule has 0 aliphatic rings. The van der Waals surface area contributed by atoms with E-state index in [1.807, 2.05) is 12.1 Å². The minimum absolute atomic E-state index is 0.0716. The predicted octanol–water partition coefficient (Wildman–Crippen LogP) is 2.45. The molecule has 134 valence electrons. The number of hydrogen-bond acceptors (Lipinski definition) is 6. The van der Waals surface area contributed by atoms with E-state index in [0.29, 0.717) is 11.1 Å². The summed E-state index contributed by atoms with van der Waals surface area (Å²) in [5, 5.41) is 15.1. The largest absolute Gasteiger partial charge is 0.375 e. The summed E-state index contributed by atoms with van der Waals surface area (Å²) < 4.78 is 23.7. The number of pyridine rings is 1. The molecular formula is C17H15N3O5S. The third-order valence-electron chi connectivity index (χ3n) is 3.89. The molecule has 2 aromatic carbocycles. The van der Waals surface area contributed by atoms with Crippen molar-refractivity contribution in [3.05, 3.63) is 74.6 Å². The third kappa shape index (κ3) is 3.42. The highest BCUT2D eigenvalue weighted by atomic mass is 32.2. The Morgan fingerprint density at radius 2 is 1.88 bits per heavy atom. The lowest BCUT2D eigenvalue weighted by atomic mass is 10.1. The fraction of sp³-hybridized carbons (Fsp3) is 0.118. The quantitative estimate of drug-likeness (QED) is 0.523. The number of para-hydroxylation sites is 2. The van der Waals surface area contributed by atoms with E-state index in [4.69, 9.17) is 0 Å². The molecule has 0 fully saturated rings. The lowest BCUT2D eigenvalue weighted by molar-refractivity contribution is -0.386. The SMILES string of the molecule is CS(=O)(=O)c1cccc(NCc2cc(=O)[nH]c3ccccc23)c1[N+](=O)[O-]. The topological polar surface area (TPSA) is 122 Å². The second-order valence-electron chi connectivity index (χ2n) is 5.74. The normalized spacial score (nSPS) is 11.4. The fourth-order valence-corrected chi connectivity index (χ4v) is 3.63. The van der Waals surface area contributed by atoms with Crippen LogP contribution in [0.15, 0.2) is 58.2 Å². The van der Waals surface area contributed by atoms with Crippen molar-refractivity contribution >= 4 is 32.1 Å². The number of hydrogen-bond donors (Lipinski definition) is 2. The number of nitrogens with zero attached hydrogens (tertiary/aromatic N) is 1. The van der Waals surface area contributed by atoms with Gasteiger partial charge in [-0.2, -0.15) is 0 Å². The fourth-order valence-electron chi connectivity index (χ4n) is 2.77. The van der Waals surface area contributed by atoms with E-state index in [-0.39, 0.29) is 22.7 Å². The standard InChI is InChI=1S/C17H15N3O5S/c1-26(24,25)15-8-4-7-14(17(15)20(22)23)18-10-11-9-16(21)19-13-6-3-2-5-12(11)13/h2-9,18H,10H2,1H3,(H,19,21). The van der Waals surface area contributed by atoms with E-state index < -0.39 is 20.4 Å². The monoisotopic (exact) mass is 373 g/mol. The third-order valence-corrected chi connectivity index (χ3v) is 5.01. The summed E-state index contributed by atoms with van der Waals surface area (Å²) in [4.78, 5) is 24.8. The summed E-state index contributed by atoms with van der Waals surface area (Å²) in [7, 11) is -3.76. The molecule has 1 heterocycles. The van der Waals surface area contributed by atoms with Crippen LogP contribution in [0.2, 0.25) is 0 Å². The van der Waals surface area contributed by atoms with Gasteiger partial charge in [0.2, 0.25) is 5.56 Å². The first-order chi connectivity index (χ1) is 12.3. The highest BCUT2D eigenvalue weighted by Gasteiger charge is 2.26. The smallest absolute Gasteiger partial charge is 0.310 e. The average molecular weight is 373 g/mol. The zero-order valence-corrected chi connectivity index (χ0v) is 14.5. The van der Waals surface area contributed by atoms with Crippen molar-refractivity contribution in [2.75, 3.05) is 11.6 Å². The van der Waals surface area contributed by atoms with Gasteiger partial charge in [-0.1, -0.05) is 24.3 Å². The number of nitrogens with one attached hydrogen (secondary N) is 2. The van der Waals surface area contributed by atoms with Gasteiger partial charge in [-0.3, -0.25) is 14.9 Å². The van der Waals surface area contributed by atoms with Crippen LogP contribution >= 0.6 is 0 Å². The molecular weight excluding hydrogens is 358 g/mol. The maximum Gasteiger partial charge on any atom is 0.310 e. The molecule has 1 aromatic heterocycles. The van der Waals surface area contributed by atoms with Crippen molar-refractivity contribution in [3.8, 4) is 0 Å². The predicted molar refractivity (Wildman–Crippen MR) is 98.1 cm³/mol. The van der Waals surface area contributed by atoms with E-state index in [2.05, 4.69) is 10.3 Å². The Hall–Kier alpha value is -3.20. The molecule has 0 radical (unpaired) electrons. The molecule has 0 amide bonds. The van der Waals surface area contributed by atoms with Gasteiger partial charge in [-0.25, -0.2) is 8.42 Å². The Morgan fingerprint density at radius 1 is 1.15 bits per heavy atom. The molecule has 3 aromatic rings. The molecule has 8 nitrogen and oxygen atoms in total. The van der Waals surface area contributed by atoms with Crippen LogP contribution in [0.5, 0.6) is 0 Å². The van der Waals surface area contributed by atoms with Gasteiger partial charge in [0.15, 0.2) is 9.84 Å². The summed E-state index contributed by atoms with van der Waals surface area (Å²) in [5.74, 6) is 0. The van der Waals surface area contributed by atoms with E-state index in [1.165, 1.54) is 24.3 Å². The first-order valence-corrected chi connectivity index (χ1v) is 9.49. The van der Waals surface area contributed by atoms with E-state index in [0.717, 1.165) is 11.6 Å². The number of nitro groups is 1. The average Bonchev–Trinajstić information content (AvgIpc) is 2.58. The van der Waals surface area contributed by atoms with Crippen molar-refractivity contribution < 1.29 is 13.3 Å². The molecule has 0 saturated carbocycles. The van der Waals surface area contributed by atoms with Crippen molar-refractivity contribution in [1.82, 2.24) is 4.98 Å². The van der Waals surface area contributed by atoms with Gasteiger partial charge in [0.25, 0.3) is 0 Å². The van der Waals surface area contributed by atoms with Crippen LogP contribution in [-0.4, -0.2) is 24.6 Å². The number of sulfone groups is 1. The Labute approximate surface area is 148 Å². The van der Waals surface area contributed by atoms with Gasteiger partial charge in [0.1, 0.15) is 10.6 Å². The van der Waals surface area contributed by atoms with Crippen LogP contribution in [0.1, 0.15) is 5.56 Å². The molecule has 0 saturated heterocycles. The van der Waals surface area contributed by atoms with Gasteiger partial charge < -0.3 is 10.3 Å². The van der Waals surface area contributed by atoms with Crippen molar-refractivity contribution in [1.29, 1.82) is 0 Å². The highest BCUT2D eigenvalue weighted by Crippen LogP contribution is 2.32. The molecule has 0 spiro atoms.